The minimum absolute atomic E-state index is 0.0194. The number of hydrogen-bond donors (Lipinski definition) is 2. The summed E-state index contributed by atoms with van der Waals surface area (Å²) >= 11 is 0. The van der Waals surface area contributed by atoms with Crippen molar-refractivity contribution in [2.24, 2.45) is 5.92 Å². The summed E-state index contributed by atoms with van der Waals surface area (Å²) < 4.78 is 0. The van der Waals surface area contributed by atoms with Crippen LogP contribution in [-0.4, -0.2) is 45.2 Å². The number of aromatic nitrogens is 1. The van der Waals surface area contributed by atoms with Crippen LogP contribution in [0.25, 0.3) is 10.9 Å². The fourth-order valence-corrected chi connectivity index (χ4v) is 4.10. The Morgan fingerprint density at radius 3 is 2.61 bits per heavy atom. The van der Waals surface area contributed by atoms with E-state index >= 15 is 0 Å². The zero-order valence-electron chi connectivity index (χ0n) is 16.1. The van der Waals surface area contributed by atoms with E-state index in [2.05, 4.69) is 4.98 Å². The van der Waals surface area contributed by atoms with Crippen LogP contribution >= 0.6 is 0 Å². The van der Waals surface area contributed by atoms with Crippen LogP contribution in [0, 0.1) is 19.8 Å². The number of aliphatic hydroxyl groups is 1. The van der Waals surface area contributed by atoms with Crippen molar-refractivity contribution in [2.75, 3.05) is 13.1 Å². The van der Waals surface area contributed by atoms with E-state index in [-0.39, 0.29) is 17.6 Å². The molecule has 3 aromatic rings. The number of phenolic OH excluding ortho intramolecular Hbond substituents is 1. The molecule has 2 heterocycles. The van der Waals surface area contributed by atoms with Gasteiger partial charge in [0.15, 0.2) is 0 Å². The summed E-state index contributed by atoms with van der Waals surface area (Å²) in [5, 5.41) is 21.6. The first-order valence-corrected chi connectivity index (χ1v) is 9.54. The van der Waals surface area contributed by atoms with Gasteiger partial charge in [-0.15, -0.1) is 0 Å². The fraction of sp³-hybridized carbons (Fsp3) is 0.304. The van der Waals surface area contributed by atoms with Gasteiger partial charge in [0, 0.05) is 36.2 Å². The average molecular weight is 376 g/mol. The molecule has 1 aliphatic rings. The molecule has 0 spiro atoms. The average Bonchev–Trinajstić information content (AvgIpc) is 3.06. The van der Waals surface area contributed by atoms with Gasteiger partial charge in [-0.25, -0.2) is 0 Å². The molecule has 1 aromatic heterocycles. The van der Waals surface area contributed by atoms with E-state index in [1.807, 2.05) is 30.3 Å². The highest BCUT2D eigenvalue weighted by Gasteiger charge is 2.34. The van der Waals surface area contributed by atoms with Crippen LogP contribution in [0.15, 0.2) is 48.7 Å². The first-order chi connectivity index (χ1) is 13.4. The van der Waals surface area contributed by atoms with E-state index in [1.165, 1.54) is 0 Å². The molecule has 5 nitrogen and oxygen atoms in total. The first kappa shape index (κ1) is 18.4. The van der Waals surface area contributed by atoms with Crippen LogP contribution in [0.4, 0.5) is 0 Å². The molecule has 4 rings (SSSR count). The third kappa shape index (κ3) is 3.34. The lowest BCUT2D eigenvalue weighted by atomic mass is 9.94. The summed E-state index contributed by atoms with van der Waals surface area (Å²) in [7, 11) is 0. The number of aromatic hydroxyl groups is 1. The summed E-state index contributed by atoms with van der Waals surface area (Å²) in [5.74, 6) is 0.0989. The van der Waals surface area contributed by atoms with Gasteiger partial charge in [0.05, 0.1) is 11.6 Å². The van der Waals surface area contributed by atoms with E-state index in [0.29, 0.717) is 36.2 Å². The molecule has 2 aromatic carbocycles. The lowest BCUT2D eigenvalue weighted by molar-refractivity contribution is 0.0764. The summed E-state index contributed by atoms with van der Waals surface area (Å²) in [4.78, 5) is 19.0. The lowest BCUT2D eigenvalue weighted by Crippen LogP contribution is -2.29. The van der Waals surface area contributed by atoms with Gasteiger partial charge >= 0.3 is 0 Å². The summed E-state index contributed by atoms with van der Waals surface area (Å²) in [6, 6.07) is 13.4. The topological polar surface area (TPSA) is 73.7 Å². The Bertz CT molecular complexity index is 1020. The van der Waals surface area contributed by atoms with Crippen LogP contribution in [0.3, 0.4) is 0 Å². The third-order valence-corrected chi connectivity index (χ3v) is 5.65. The molecule has 2 atom stereocenters. The Labute approximate surface area is 164 Å². The smallest absolute Gasteiger partial charge is 0.253 e. The number of carbonyl (C=O) groups is 1. The number of likely N-dealkylation sites (tertiary alicyclic amines) is 1. The maximum atomic E-state index is 12.9. The number of aliphatic hydroxyl groups excluding tert-OH is 1. The first-order valence-electron chi connectivity index (χ1n) is 9.54. The number of nitrogens with zero attached hydrogens (tertiary/aromatic N) is 2. The fourth-order valence-electron chi connectivity index (χ4n) is 4.10. The SMILES string of the molecule is Cc1cc(C(=O)N2CC(O)C(Cc3ccnc4ccccc34)C2)cc(C)c1O. The normalized spacial score (nSPS) is 19.3. The molecule has 1 fully saturated rings. The molecule has 0 radical (unpaired) electrons. The lowest BCUT2D eigenvalue weighted by Gasteiger charge is -2.18. The second kappa shape index (κ2) is 7.24. The number of aryl methyl sites for hydroxylation is 2. The van der Waals surface area contributed by atoms with Crippen molar-refractivity contribution in [3.63, 3.8) is 0 Å². The summed E-state index contributed by atoms with van der Waals surface area (Å²) in [6.07, 6.45) is 1.93. The maximum Gasteiger partial charge on any atom is 0.253 e. The van der Waals surface area contributed by atoms with Crippen molar-refractivity contribution >= 4 is 16.8 Å². The van der Waals surface area contributed by atoms with E-state index < -0.39 is 6.10 Å². The number of benzene rings is 2. The molecule has 1 amide bonds. The Morgan fingerprint density at radius 2 is 1.86 bits per heavy atom. The zero-order valence-corrected chi connectivity index (χ0v) is 16.1. The molecular weight excluding hydrogens is 352 g/mol. The van der Waals surface area contributed by atoms with Crippen molar-refractivity contribution in [1.82, 2.24) is 9.88 Å². The van der Waals surface area contributed by atoms with Crippen LogP contribution in [0.2, 0.25) is 0 Å². The van der Waals surface area contributed by atoms with Gasteiger partial charge in [0.1, 0.15) is 5.75 Å². The standard InChI is InChI=1S/C23H24N2O3/c1-14-9-17(10-15(2)22(14)27)23(28)25-12-18(21(26)13-25)11-16-7-8-24-20-6-4-3-5-19(16)20/h3-10,18,21,26-27H,11-13H2,1-2H3. The number of pyridine rings is 1. The molecule has 5 heteroatoms. The molecule has 0 aliphatic carbocycles. The van der Waals surface area contributed by atoms with Crippen LogP contribution in [-0.2, 0) is 6.42 Å². The second-order valence-electron chi connectivity index (χ2n) is 7.69. The van der Waals surface area contributed by atoms with Crippen LogP contribution < -0.4 is 0 Å². The highest BCUT2D eigenvalue weighted by Crippen LogP contribution is 2.28. The summed E-state index contributed by atoms with van der Waals surface area (Å²) in [5.41, 5.74) is 4.00. The van der Waals surface area contributed by atoms with Crippen molar-refractivity contribution in [1.29, 1.82) is 0 Å². The number of hydrogen-bond acceptors (Lipinski definition) is 4. The van der Waals surface area contributed by atoms with E-state index in [1.54, 1.807) is 37.1 Å². The van der Waals surface area contributed by atoms with Gasteiger partial charge < -0.3 is 15.1 Å². The number of phenols is 1. The monoisotopic (exact) mass is 376 g/mol. The van der Waals surface area contributed by atoms with E-state index in [4.69, 9.17) is 0 Å². The summed E-state index contributed by atoms with van der Waals surface area (Å²) in [6.45, 7) is 4.41. The Morgan fingerprint density at radius 1 is 1.14 bits per heavy atom. The van der Waals surface area contributed by atoms with Gasteiger partial charge in [-0.05, 0) is 61.2 Å². The molecule has 2 N–H and O–H groups in total. The maximum absolute atomic E-state index is 12.9. The van der Waals surface area contributed by atoms with Gasteiger partial charge in [-0.3, -0.25) is 9.78 Å². The molecule has 2 unspecified atom stereocenters. The van der Waals surface area contributed by atoms with Crippen LogP contribution in [0.1, 0.15) is 27.0 Å². The highest BCUT2D eigenvalue weighted by molar-refractivity contribution is 5.95. The number of rotatable bonds is 3. The molecule has 0 saturated carbocycles. The third-order valence-electron chi connectivity index (χ3n) is 5.65. The quantitative estimate of drug-likeness (QED) is 0.736. The predicted octanol–water partition coefficient (Wildman–Crippen LogP) is 3.23. The molecule has 144 valence electrons. The number of fused-ring (bicyclic) bond motifs is 1. The van der Waals surface area contributed by atoms with Gasteiger partial charge in [0.25, 0.3) is 5.91 Å². The molecule has 0 bridgehead atoms. The molecule has 1 aliphatic heterocycles. The minimum Gasteiger partial charge on any atom is -0.507 e. The molecule has 28 heavy (non-hydrogen) atoms. The minimum atomic E-state index is -0.560. The second-order valence-corrected chi connectivity index (χ2v) is 7.69. The van der Waals surface area contributed by atoms with Gasteiger partial charge in [0.2, 0.25) is 0 Å². The highest BCUT2D eigenvalue weighted by atomic mass is 16.3. The van der Waals surface area contributed by atoms with Crippen molar-refractivity contribution in [2.45, 2.75) is 26.4 Å². The Kier molecular flexibility index (Phi) is 4.77. The number of para-hydroxylation sites is 1. The Balaban J connectivity index is 1.54. The van der Waals surface area contributed by atoms with Gasteiger partial charge in [-0.2, -0.15) is 0 Å². The largest absolute Gasteiger partial charge is 0.507 e. The number of carbonyl (C=O) groups excluding carboxylic acids is 1. The van der Waals surface area contributed by atoms with Gasteiger partial charge in [-0.1, -0.05) is 18.2 Å². The number of amides is 1. The Hall–Kier alpha value is -2.92. The zero-order chi connectivity index (χ0) is 19.8. The molecule has 1 saturated heterocycles. The van der Waals surface area contributed by atoms with Crippen molar-refractivity contribution in [3.05, 3.63) is 70.9 Å². The molecular formula is C23H24N2O3. The van der Waals surface area contributed by atoms with E-state index in [9.17, 15) is 15.0 Å². The van der Waals surface area contributed by atoms with Crippen molar-refractivity contribution < 1.29 is 15.0 Å². The predicted molar refractivity (Wildman–Crippen MR) is 108 cm³/mol. The van der Waals surface area contributed by atoms with Crippen LogP contribution in [0.5, 0.6) is 5.75 Å². The van der Waals surface area contributed by atoms with Crippen molar-refractivity contribution in [3.8, 4) is 5.75 Å². The van der Waals surface area contributed by atoms with E-state index in [0.717, 1.165) is 16.5 Å². The number of β-amino-alcohol motifs (C(OH)–C–C–N with tert-alkyl or cyclic N) is 1.